The molecule has 0 saturated heterocycles. The van der Waals surface area contributed by atoms with Gasteiger partial charge in [-0.1, -0.05) is 61.9 Å². The second-order valence-corrected chi connectivity index (χ2v) is 8.73. The molecular formula is C27H38N6O. The molecule has 0 aliphatic carbocycles. The van der Waals surface area contributed by atoms with E-state index in [2.05, 4.69) is 33.2 Å². The predicted octanol–water partition coefficient (Wildman–Crippen LogP) is 5.84. The van der Waals surface area contributed by atoms with Gasteiger partial charge in [-0.25, -0.2) is 14.8 Å². The van der Waals surface area contributed by atoms with Gasteiger partial charge in [0.05, 0.1) is 17.1 Å². The van der Waals surface area contributed by atoms with Crippen LogP contribution in [0.1, 0.15) is 59.8 Å². The maximum Gasteiger partial charge on any atom is 0.315 e. The summed E-state index contributed by atoms with van der Waals surface area (Å²) in [6.45, 7) is 5.62. The van der Waals surface area contributed by atoms with E-state index in [1.165, 1.54) is 0 Å². The number of pyridine rings is 1. The minimum absolute atomic E-state index is 0. The Hall–Kier alpha value is -3.61. The van der Waals surface area contributed by atoms with E-state index >= 15 is 0 Å². The van der Waals surface area contributed by atoms with Gasteiger partial charge in [-0.3, -0.25) is 0 Å². The van der Waals surface area contributed by atoms with Gasteiger partial charge in [0, 0.05) is 27.7 Å². The largest absolute Gasteiger partial charge is 0.382 e. The number of fused-ring (bicyclic) bond motifs is 3. The summed E-state index contributed by atoms with van der Waals surface area (Å²) in [5, 5.41) is 7.06. The van der Waals surface area contributed by atoms with E-state index in [0.717, 1.165) is 72.0 Å². The lowest BCUT2D eigenvalue weighted by Crippen LogP contribution is -2.37. The van der Waals surface area contributed by atoms with E-state index in [1.54, 1.807) is 0 Å². The predicted molar refractivity (Wildman–Crippen MR) is 143 cm³/mol. The summed E-state index contributed by atoms with van der Waals surface area (Å²) < 4.78 is 2.31. The number of benzene rings is 2. The highest BCUT2D eigenvalue weighted by Crippen LogP contribution is 2.29. The first kappa shape index (κ1) is 23.5. The second kappa shape index (κ2) is 11.0. The maximum absolute atomic E-state index is 12.3. The standard InChI is InChI=1S/C27H34N6O.2H2/c1-3-4-16-23-32-24-25(21-14-8-9-15-22(21)31-26(24)28)33(23)18-11-10-17-29-27(34)30-19(2)20-12-6-5-7-13-20;;/h5-9,12-15,19H,3-4,10-11,16-18H2,1-2H3,(H2,28,31)(H2,29,30,34);2*1H/t19-;;/m1../s1. The van der Waals surface area contributed by atoms with E-state index in [-0.39, 0.29) is 14.9 Å². The van der Waals surface area contributed by atoms with Crippen molar-refractivity contribution in [2.24, 2.45) is 0 Å². The molecule has 0 unspecified atom stereocenters. The number of carbonyl (C=O) groups excluding carboxylic acids is 1. The summed E-state index contributed by atoms with van der Waals surface area (Å²) in [6.07, 6.45) is 4.90. The van der Waals surface area contributed by atoms with Crippen molar-refractivity contribution < 1.29 is 7.65 Å². The number of nitrogens with zero attached hydrogens (tertiary/aromatic N) is 3. The maximum atomic E-state index is 12.3. The van der Waals surface area contributed by atoms with Crippen LogP contribution in [0.4, 0.5) is 10.6 Å². The number of urea groups is 1. The molecule has 182 valence electrons. The Morgan fingerprint density at radius 1 is 1.06 bits per heavy atom. The number of rotatable bonds is 10. The van der Waals surface area contributed by atoms with Gasteiger partial charge in [-0.05, 0) is 37.8 Å². The molecule has 1 atom stereocenters. The molecule has 4 rings (SSSR count). The van der Waals surface area contributed by atoms with Crippen molar-refractivity contribution >= 4 is 33.8 Å². The topological polar surface area (TPSA) is 97.9 Å². The molecule has 2 heterocycles. The summed E-state index contributed by atoms with van der Waals surface area (Å²) in [6, 6.07) is 17.9. The smallest absolute Gasteiger partial charge is 0.315 e. The van der Waals surface area contributed by atoms with Crippen LogP contribution < -0.4 is 16.4 Å². The lowest BCUT2D eigenvalue weighted by Gasteiger charge is -2.15. The average molecular weight is 463 g/mol. The first-order valence-corrected chi connectivity index (χ1v) is 12.2. The molecule has 2 aromatic heterocycles. The fourth-order valence-corrected chi connectivity index (χ4v) is 4.34. The molecular weight excluding hydrogens is 424 g/mol. The van der Waals surface area contributed by atoms with Gasteiger partial charge >= 0.3 is 6.03 Å². The van der Waals surface area contributed by atoms with E-state index in [9.17, 15) is 4.79 Å². The van der Waals surface area contributed by atoms with Crippen LogP contribution in [0.5, 0.6) is 0 Å². The number of amides is 2. The number of para-hydroxylation sites is 1. The first-order valence-electron chi connectivity index (χ1n) is 12.2. The van der Waals surface area contributed by atoms with Gasteiger partial charge in [-0.15, -0.1) is 0 Å². The van der Waals surface area contributed by atoms with Crippen LogP contribution in [-0.2, 0) is 13.0 Å². The number of nitrogens with one attached hydrogen (secondary N) is 2. The summed E-state index contributed by atoms with van der Waals surface area (Å²) >= 11 is 0. The van der Waals surface area contributed by atoms with Crippen molar-refractivity contribution in [1.29, 1.82) is 0 Å². The number of aromatic nitrogens is 3. The van der Waals surface area contributed by atoms with Crippen molar-refractivity contribution in [3.8, 4) is 0 Å². The Labute approximate surface area is 203 Å². The molecule has 2 aromatic carbocycles. The zero-order valence-corrected chi connectivity index (χ0v) is 20.1. The number of nitrogens with two attached hydrogens (primary N) is 1. The number of anilines is 1. The van der Waals surface area contributed by atoms with Crippen LogP contribution in [0.25, 0.3) is 21.9 Å². The van der Waals surface area contributed by atoms with Crippen molar-refractivity contribution in [2.75, 3.05) is 12.3 Å². The van der Waals surface area contributed by atoms with Crippen molar-refractivity contribution in [1.82, 2.24) is 25.2 Å². The van der Waals surface area contributed by atoms with Crippen LogP contribution in [0.3, 0.4) is 0 Å². The summed E-state index contributed by atoms with van der Waals surface area (Å²) in [5.41, 5.74) is 10.1. The lowest BCUT2D eigenvalue weighted by atomic mass is 10.1. The van der Waals surface area contributed by atoms with Gasteiger partial charge in [0.1, 0.15) is 11.3 Å². The zero-order chi connectivity index (χ0) is 23.9. The highest BCUT2D eigenvalue weighted by molar-refractivity contribution is 6.06. The minimum Gasteiger partial charge on any atom is -0.382 e. The SMILES string of the molecule is CCCCc1nc2c(N)nc3ccccc3c2n1CCCCNC(=O)N[C@H](C)c1ccccc1.[HH].[HH]. The number of hydrogen-bond acceptors (Lipinski definition) is 4. The fraction of sp³-hybridized carbons (Fsp3) is 0.370. The Morgan fingerprint density at radius 3 is 2.62 bits per heavy atom. The molecule has 0 radical (unpaired) electrons. The molecule has 7 nitrogen and oxygen atoms in total. The summed E-state index contributed by atoms with van der Waals surface area (Å²) in [5.74, 6) is 1.54. The highest BCUT2D eigenvalue weighted by atomic mass is 16.2. The Kier molecular flexibility index (Phi) is 7.62. The molecule has 0 spiro atoms. The minimum atomic E-state index is -0.141. The molecule has 7 heteroatoms. The molecule has 0 aliphatic rings. The zero-order valence-electron chi connectivity index (χ0n) is 20.1. The third-order valence-electron chi connectivity index (χ3n) is 6.18. The monoisotopic (exact) mass is 462 g/mol. The quantitative estimate of drug-likeness (QED) is 0.258. The van der Waals surface area contributed by atoms with E-state index in [0.29, 0.717) is 12.4 Å². The highest BCUT2D eigenvalue weighted by Gasteiger charge is 2.17. The average Bonchev–Trinajstić information content (AvgIpc) is 3.22. The van der Waals surface area contributed by atoms with Gasteiger partial charge in [0.25, 0.3) is 0 Å². The van der Waals surface area contributed by atoms with Gasteiger partial charge in [0.2, 0.25) is 0 Å². The molecule has 4 N–H and O–H groups in total. The van der Waals surface area contributed by atoms with Crippen molar-refractivity contribution in [3.05, 3.63) is 66.0 Å². The molecule has 0 fully saturated rings. The number of nitrogen functional groups attached to an aromatic ring is 1. The van der Waals surface area contributed by atoms with Crippen LogP contribution in [0, 0.1) is 0 Å². The van der Waals surface area contributed by atoms with Gasteiger partial charge in [-0.2, -0.15) is 0 Å². The Bertz CT molecular complexity index is 1260. The lowest BCUT2D eigenvalue weighted by molar-refractivity contribution is 0.237. The summed E-state index contributed by atoms with van der Waals surface area (Å²) in [7, 11) is 0. The van der Waals surface area contributed by atoms with Gasteiger partial charge in [0.15, 0.2) is 5.82 Å². The fourth-order valence-electron chi connectivity index (χ4n) is 4.34. The third kappa shape index (κ3) is 5.30. The van der Waals surface area contributed by atoms with Crippen LogP contribution in [0.2, 0.25) is 0 Å². The number of aryl methyl sites for hydroxylation is 2. The third-order valence-corrected chi connectivity index (χ3v) is 6.18. The number of unbranched alkanes of at least 4 members (excludes halogenated alkanes) is 2. The first-order chi connectivity index (χ1) is 16.6. The molecule has 34 heavy (non-hydrogen) atoms. The molecule has 4 aromatic rings. The van der Waals surface area contributed by atoms with Crippen LogP contribution >= 0.6 is 0 Å². The van der Waals surface area contributed by atoms with Crippen molar-refractivity contribution in [2.45, 2.75) is 58.5 Å². The van der Waals surface area contributed by atoms with E-state index < -0.39 is 0 Å². The molecule has 0 aliphatic heterocycles. The number of carbonyl (C=O) groups is 1. The number of hydrogen-bond donors (Lipinski definition) is 3. The van der Waals surface area contributed by atoms with Crippen molar-refractivity contribution in [3.63, 3.8) is 0 Å². The molecule has 0 saturated carbocycles. The second-order valence-electron chi connectivity index (χ2n) is 8.73. The molecule has 0 bridgehead atoms. The Morgan fingerprint density at radius 2 is 1.82 bits per heavy atom. The molecule has 2 amide bonds. The van der Waals surface area contributed by atoms with Crippen LogP contribution in [-0.4, -0.2) is 27.1 Å². The van der Waals surface area contributed by atoms with Crippen LogP contribution in [0.15, 0.2) is 54.6 Å². The van der Waals surface area contributed by atoms with E-state index in [1.807, 2.05) is 55.5 Å². The Balaban J connectivity index is 0.00000228. The normalized spacial score (nSPS) is 12.2. The van der Waals surface area contributed by atoms with E-state index in [4.69, 9.17) is 10.7 Å². The van der Waals surface area contributed by atoms with Gasteiger partial charge < -0.3 is 20.9 Å². The number of imidazole rings is 1. The summed E-state index contributed by atoms with van der Waals surface area (Å²) in [4.78, 5) is 21.7.